The van der Waals surface area contributed by atoms with Crippen LogP contribution in [-0.2, 0) is 0 Å². The molecule has 0 aromatic heterocycles. The summed E-state index contributed by atoms with van der Waals surface area (Å²) in [6, 6.07) is 0. The second kappa shape index (κ2) is 29.0. The third kappa shape index (κ3) is 28.0. The first kappa shape index (κ1) is 30.0. The monoisotopic (exact) mass is 421 g/mol. The molecular formula is C30H61. The Hall–Kier alpha value is 0. The number of rotatable bonds is 27. The van der Waals surface area contributed by atoms with Crippen molar-refractivity contribution in [1.82, 2.24) is 0 Å². The van der Waals surface area contributed by atoms with Gasteiger partial charge in [-0.15, -0.1) is 0 Å². The number of hydrogen-bond donors (Lipinski definition) is 0. The Morgan fingerprint density at radius 1 is 0.300 bits per heavy atom. The fourth-order valence-electron chi connectivity index (χ4n) is 4.66. The Kier molecular flexibility index (Phi) is 29.0. The van der Waals surface area contributed by atoms with Crippen LogP contribution in [0, 0.1) is 6.42 Å². The van der Waals surface area contributed by atoms with Crippen LogP contribution in [0.1, 0.15) is 187 Å². The van der Waals surface area contributed by atoms with Crippen LogP contribution in [0.25, 0.3) is 0 Å². The minimum absolute atomic E-state index is 1.32. The van der Waals surface area contributed by atoms with Gasteiger partial charge in [0.25, 0.3) is 0 Å². The van der Waals surface area contributed by atoms with Gasteiger partial charge in [-0.1, -0.05) is 187 Å². The van der Waals surface area contributed by atoms with Crippen LogP contribution in [-0.4, -0.2) is 0 Å². The molecule has 181 valence electrons. The Morgan fingerprint density at radius 3 is 0.700 bits per heavy atom. The molecule has 0 amide bonds. The van der Waals surface area contributed by atoms with Gasteiger partial charge in [-0.05, 0) is 6.42 Å². The van der Waals surface area contributed by atoms with Gasteiger partial charge in [0.05, 0.1) is 0 Å². The first-order valence-corrected chi connectivity index (χ1v) is 14.7. The molecule has 0 heteroatoms. The highest BCUT2D eigenvalue weighted by Gasteiger charge is 1.96. The summed E-state index contributed by atoms with van der Waals surface area (Å²) < 4.78 is 0. The zero-order chi connectivity index (χ0) is 21.8. The predicted octanol–water partition coefficient (Wildman–Crippen LogP) is 11.8. The van der Waals surface area contributed by atoms with Gasteiger partial charge in [-0.2, -0.15) is 0 Å². The summed E-state index contributed by atoms with van der Waals surface area (Å²) in [6.07, 6.45) is 42.0. The van der Waals surface area contributed by atoms with E-state index in [2.05, 4.69) is 20.3 Å². The summed E-state index contributed by atoms with van der Waals surface area (Å²) in [7, 11) is 0. The van der Waals surface area contributed by atoms with E-state index in [1.807, 2.05) is 0 Å². The van der Waals surface area contributed by atoms with Crippen molar-refractivity contribution in [2.45, 2.75) is 187 Å². The van der Waals surface area contributed by atoms with Crippen molar-refractivity contribution in [3.8, 4) is 0 Å². The van der Waals surface area contributed by atoms with Crippen LogP contribution >= 0.6 is 0 Å². The fourth-order valence-corrected chi connectivity index (χ4v) is 4.66. The van der Waals surface area contributed by atoms with E-state index >= 15 is 0 Å². The molecule has 1 radical (unpaired) electrons. The summed E-state index contributed by atoms with van der Waals surface area (Å²) in [4.78, 5) is 0. The lowest BCUT2D eigenvalue weighted by atomic mass is 10.0. The molecular weight excluding hydrogens is 360 g/mol. The molecule has 0 bridgehead atoms. The van der Waals surface area contributed by atoms with Gasteiger partial charge in [0.15, 0.2) is 0 Å². The van der Waals surface area contributed by atoms with Crippen molar-refractivity contribution in [1.29, 1.82) is 0 Å². The zero-order valence-corrected chi connectivity index (χ0v) is 21.7. The Labute approximate surface area is 193 Å². The van der Waals surface area contributed by atoms with Crippen LogP contribution < -0.4 is 0 Å². The van der Waals surface area contributed by atoms with Gasteiger partial charge in [0, 0.05) is 0 Å². The second-order valence-electron chi connectivity index (χ2n) is 10.0. The quantitative estimate of drug-likeness (QED) is 0.116. The predicted molar refractivity (Wildman–Crippen MR) is 140 cm³/mol. The Balaban J connectivity index is 2.97. The molecule has 30 heavy (non-hydrogen) atoms. The minimum atomic E-state index is 1.32. The van der Waals surface area contributed by atoms with Gasteiger partial charge in [-0.3, -0.25) is 0 Å². The van der Waals surface area contributed by atoms with E-state index in [1.165, 1.54) is 173 Å². The highest BCUT2D eigenvalue weighted by atomic mass is 14.0. The lowest BCUT2D eigenvalue weighted by Crippen LogP contribution is -1.84. The number of hydrogen-bond acceptors (Lipinski definition) is 0. The van der Waals surface area contributed by atoms with Crippen molar-refractivity contribution in [3.63, 3.8) is 0 Å². The molecule has 0 spiro atoms. The minimum Gasteiger partial charge on any atom is -0.0654 e. The van der Waals surface area contributed by atoms with Crippen LogP contribution in [0.3, 0.4) is 0 Å². The largest absolute Gasteiger partial charge is 0.0654 e. The van der Waals surface area contributed by atoms with Crippen molar-refractivity contribution in [2.75, 3.05) is 0 Å². The second-order valence-corrected chi connectivity index (χ2v) is 10.0. The molecule has 0 saturated carbocycles. The van der Waals surface area contributed by atoms with Gasteiger partial charge in [0.1, 0.15) is 0 Å². The molecule has 0 aliphatic rings. The van der Waals surface area contributed by atoms with Crippen LogP contribution in [0.2, 0.25) is 0 Å². The summed E-state index contributed by atoms with van der Waals surface area (Å²) in [5.41, 5.74) is 0. The molecule has 0 rings (SSSR count). The van der Waals surface area contributed by atoms with Crippen molar-refractivity contribution in [2.24, 2.45) is 0 Å². The van der Waals surface area contributed by atoms with Crippen LogP contribution in [0.5, 0.6) is 0 Å². The first-order chi connectivity index (χ1) is 14.9. The summed E-state index contributed by atoms with van der Waals surface area (Å²) in [6.45, 7) is 4.49. The standard InChI is InChI=1S/C30H61/c1-3-5-7-9-11-13-15-17-19-21-23-25-27-29-30-28-26-24-22-20-18-16-14-12-10-8-6-4-2/h3H,4-30H2,1-2H3. The van der Waals surface area contributed by atoms with E-state index in [9.17, 15) is 0 Å². The highest BCUT2D eigenvalue weighted by molar-refractivity contribution is 4.56. The van der Waals surface area contributed by atoms with E-state index in [0.717, 1.165) is 0 Å². The summed E-state index contributed by atoms with van der Waals surface area (Å²) >= 11 is 0. The third-order valence-electron chi connectivity index (χ3n) is 6.85. The maximum absolute atomic E-state index is 2.30. The van der Waals surface area contributed by atoms with Crippen molar-refractivity contribution >= 4 is 0 Å². The van der Waals surface area contributed by atoms with Crippen molar-refractivity contribution < 1.29 is 0 Å². The van der Waals surface area contributed by atoms with E-state index in [4.69, 9.17) is 0 Å². The first-order valence-electron chi connectivity index (χ1n) is 14.7. The maximum Gasteiger partial charge on any atom is -0.0417 e. The van der Waals surface area contributed by atoms with Crippen LogP contribution in [0.4, 0.5) is 0 Å². The average Bonchev–Trinajstić information content (AvgIpc) is 2.76. The highest BCUT2D eigenvalue weighted by Crippen LogP contribution is 2.16. The molecule has 0 aliphatic heterocycles. The molecule has 0 aromatic rings. The summed E-state index contributed by atoms with van der Waals surface area (Å²) in [5, 5.41) is 0. The molecule has 0 unspecified atom stereocenters. The molecule has 0 fully saturated rings. The SMILES string of the molecule is C[CH]CCCCCCCCCCCCCCCCCCCCCCCCCCCC. The van der Waals surface area contributed by atoms with Gasteiger partial charge in [-0.25, -0.2) is 0 Å². The van der Waals surface area contributed by atoms with E-state index in [1.54, 1.807) is 0 Å². The molecule has 0 saturated heterocycles. The molecule has 0 heterocycles. The van der Waals surface area contributed by atoms with Gasteiger partial charge < -0.3 is 0 Å². The van der Waals surface area contributed by atoms with E-state index < -0.39 is 0 Å². The third-order valence-corrected chi connectivity index (χ3v) is 6.85. The molecule has 0 atom stereocenters. The van der Waals surface area contributed by atoms with E-state index in [-0.39, 0.29) is 0 Å². The smallest absolute Gasteiger partial charge is 0.0417 e. The normalized spacial score (nSPS) is 11.4. The molecule has 0 aromatic carbocycles. The summed E-state index contributed by atoms with van der Waals surface area (Å²) in [5.74, 6) is 0. The van der Waals surface area contributed by atoms with Gasteiger partial charge >= 0.3 is 0 Å². The molecule has 0 aliphatic carbocycles. The zero-order valence-electron chi connectivity index (χ0n) is 21.7. The van der Waals surface area contributed by atoms with E-state index in [0.29, 0.717) is 0 Å². The number of unbranched alkanes of at least 4 members (excludes halogenated alkanes) is 27. The van der Waals surface area contributed by atoms with Crippen molar-refractivity contribution in [3.05, 3.63) is 6.42 Å². The lowest BCUT2D eigenvalue weighted by Gasteiger charge is -2.04. The van der Waals surface area contributed by atoms with Crippen LogP contribution in [0.15, 0.2) is 0 Å². The maximum atomic E-state index is 2.30. The topological polar surface area (TPSA) is 0 Å². The lowest BCUT2D eigenvalue weighted by molar-refractivity contribution is 0.515. The fraction of sp³-hybridized carbons (Fsp3) is 0.967. The van der Waals surface area contributed by atoms with Gasteiger partial charge in [0.2, 0.25) is 0 Å². The Bertz CT molecular complexity index is 241. The molecule has 0 nitrogen and oxygen atoms in total. The molecule has 0 N–H and O–H groups in total. The Morgan fingerprint density at radius 2 is 0.500 bits per heavy atom. The average molecular weight is 422 g/mol.